The van der Waals surface area contributed by atoms with Crippen molar-refractivity contribution in [3.05, 3.63) is 65.2 Å². The highest BCUT2D eigenvalue weighted by Crippen LogP contribution is 2.21. The van der Waals surface area contributed by atoms with Crippen LogP contribution in [0.15, 0.2) is 42.5 Å². The van der Waals surface area contributed by atoms with Crippen LogP contribution in [0.4, 0.5) is 4.39 Å². The fourth-order valence-electron chi connectivity index (χ4n) is 3.45. The largest absolute Gasteiger partial charge is 0.331 e. The molecule has 1 amide bonds. The fraction of sp³-hybridized carbons (Fsp3) is 0.391. The average molecular weight is 381 g/mol. The highest BCUT2D eigenvalue weighted by Gasteiger charge is 2.21. The fourth-order valence-corrected chi connectivity index (χ4v) is 3.45. The van der Waals surface area contributed by atoms with Gasteiger partial charge < -0.3 is 9.47 Å². The summed E-state index contributed by atoms with van der Waals surface area (Å²) in [5, 5.41) is 0. The Morgan fingerprint density at radius 2 is 1.89 bits per heavy atom. The molecule has 0 saturated heterocycles. The second-order valence-electron chi connectivity index (χ2n) is 7.76. The molecule has 0 saturated carbocycles. The predicted octanol–water partition coefficient (Wildman–Crippen LogP) is 5.19. The summed E-state index contributed by atoms with van der Waals surface area (Å²) in [5.41, 5.74) is 3.34. The number of rotatable bonds is 7. The van der Waals surface area contributed by atoms with Crippen LogP contribution in [0.1, 0.15) is 48.9 Å². The van der Waals surface area contributed by atoms with Gasteiger partial charge in [0.2, 0.25) is 0 Å². The minimum Gasteiger partial charge on any atom is -0.331 e. The number of imidazole rings is 1. The number of aryl methyl sites for hydroxylation is 2. The van der Waals surface area contributed by atoms with E-state index >= 15 is 0 Å². The number of hydrogen-bond acceptors (Lipinski definition) is 2. The monoisotopic (exact) mass is 381 g/mol. The van der Waals surface area contributed by atoms with E-state index in [-0.39, 0.29) is 11.7 Å². The maximum Gasteiger partial charge on any atom is 0.254 e. The van der Waals surface area contributed by atoms with E-state index in [2.05, 4.69) is 20.8 Å². The van der Waals surface area contributed by atoms with E-state index in [1.807, 2.05) is 40.7 Å². The minimum atomic E-state index is -0.272. The number of fused-ring (bicyclic) bond motifs is 1. The summed E-state index contributed by atoms with van der Waals surface area (Å²) in [6.45, 7) is 10.1. The van der Waals surface area contributed by atoms with Crippen LogP contribution in [-0.2, 0) is 13.1 Å². The van der Waals surface area contributed by atoms with Crippen LogP contribution in [0, 0.1) is 18.7 Å². The van der Waals surface area contributed by atoms with E-state index in [1.165, 1.54) is 12.1 Å². The Bertz CT molecular complexity index is 960. The van der Waals surface area contributed by atoms with Crippen molar-refractivity contribution in [2.75, 3.05) is 6.54 Å². The summed E-state index contributed by atoms with van der Waals surface area (Å²) >= 11 is 0. The van der Waals surface area contributed by atoms with Crippen molar-refractivity contribution >= 4 is 16.9 Å². The molecule has 3 aromatic rings. The molecule has 0 unspecified atom stereocenters. The minimum absolute atomic E-state index is 0.00464. The van der Waals surface area contributed by atoms with Gasteiger partial charge in [-0.05, 0) is 49.6 Å². The molecule has 3 rings (SSSR count). The first-order chi connectivity index (χ1) is 13.4. The summed E-state index contributed by atoms with van der Waals surface area (Å²) < 4.78 is 15.8. The topological polar surface area (TPSA) is 38.1 Å². The van der Waals surface area contributed by atoms with Crippen LogP contribution in [0.2, 0.25) is 0 Å². The molecule has 4 nitrogen and oxygen atoms in total. The molecule has 1 heterocycles. The van der Waals surface area contributed by atoms with Gasteiger partial charge in [-0.2, -0.15) is 0 Å². The van der Waals surface area contributed by atoms with Gasteiger partial charge in [-0.25, -0.2) is 9.37 Å². The second-order valence-corrected chi connectivity index (χ2v) is 7.76. The number of benzene rings is 2. The lowest BCUT2D eigenvalue weighted by molar-refractivity contribution is 0.0716. The molecule has 0 bridgehead atoms. The lowest BCUT2D eigenvalue weighted by Crippen LogP contribution is -2.34. The lowest BCUT2D eigenvalue weighted by atomic mass is 10.1. The first kappa shape index (κ1) is 20.1. The van der Waals surface area contributed by atoms with Gasteiger partial charge in [0.1, 0.15) is 11.6 Å². The average Bonchev–Trinajstić information content (AvgIpc) is 2.98. The van der Waals surface area contributed by atoms with E-state index in [0.717, 1.165) is 35.4 Å². The highest BCUT2D eigenvalue weighted by molar-refractivity contribution is 5.94. The van der Waals surface area contributed by atoms with E-state index < -0.39 is 0 Å². The number of hydrogen-bond donors (Lipinski definition) is 0. The van der Waals surface area contributed by atoms with Crippen LogP contribution < -0.4 is 0 Å². The zero-order chi connectivity index (χ0) is 20.3. The first-order valence-electron chi connectivity index (χ1n) is 9.89. The Kier molecular flexibility index (Phi) is 6.12. The summed E-state index contributed by atoms with van der Waals surface area (Å²) in [4.78, 5) is 19.7. The summed E-state index contributed by atoms with van der Waals surface area (Å²) in [5.74, 6) is 0.848. The number of carbonyl (C=O) groups is 1. The molecule has 0 aliphatic rings. The van der Waals surface area contributed by atoms with Gasteiger partial charge in [-0.1, -0.05) is 38.5 Å². The van der Waals surface area contributed by atoms with E-state index in [1.54, 1.807) is 6.07 Å². The van der Waals surface area contributed by atoms with E-state index in [9.17, 15) is 9.18 Å². The number of halogens is 1. The number of aromatic nitrogens is 2. The zero-order valence-electron chi connectivity index (χ0n) is 17.1. The Labute approximate surface area is 166 Å². The van der Waals surface area contributed by atoms with Crippen molar-refractivity contribution < 1.29 is 9.18 Å². The summed E-state index contributed by atoms with van der Waals surface area (Å²) in [6, 6.07) is 12.3. The zero-order valence-corrected chi connectivity index (χ0v) is 17.1. The van der Waals surface area contributed by atoms with Crippen LogP contribution >= 0.6 is 0 Å². The quantitative estimate of drug-likeness (QED) is 0.565. The van der Waals surface area contributed by atoms with Crippen LogP contribution in [0.25, 0.3) is 11.0 Å². The van der Waals surface area contributed by atoms with Gasteiger partial charge in [-0.15, -0.1) is 0 Å². The molecule has 5 heteroatoms. The van der Waals surface area contributed by atoms with Gasteiger partial charge in [0.05, 0.1) is 17.6 Å². The van der Waals surface area contributed by atoms with Gasteiger partial charge in [0, 0.05) is 18.7 Å². The lowest BCUT2D eigenvalue weighted by Gasteiger charge is -2.25. The third-order valence-corrected chi connectivity index (χ3v) is 4.74. The normalized spacial score (nSPS) is 11.4. The van der Waals surface area contributed by atoms with E-state index in [4.69, 9.17) is 4.98 Å². The molecule has 0 radical (unpaired) electrons. The van der Waals surface area contributed by atoms with Crippen molar-refractivity contribution in [3.8, 4) is 0 Å². The van der Waals surface area contributed by atoms with E-state index in [0.29, 0.717) is 24.6 Å². The molecule has 0 aliphatic heterocycles. The molecule has 1 aromatic heterocycles. The first-order valence-corrected chi connectivity index (χ1v) is 9.89. The molecule has 0 atom stereocenters. The standard InChI is InChI=1S/C23H28FN3O/c1-5-12-27-21-13-19(24)10-11-20(21)25-22(27)15-26(14-16(2)3)23(28)18-8-6-17(4)7-9-18/h6-11,13,16H,5,12,14-15H2,1-4H3. The Morgan fingerprint density at radius 1 is 1.18 bits per heavy atom. The van der Waals surface area contributed by atoms with Crippen molar-refractivity contribution in [1.82, 2.24) is 14.5 Å². The van der Waals surface area contributed by atoms with Crippen molar-refractivity contribution in [2.24, 2.45) is 5.92 Å². The second kappa shape index (κ2) is 8.55. The molecule has 0 spiro atoms. The Morgan fingerprint density at radius 3 is 2.54 bits per heavy atom. The molecule has 148 valence electrons. The molecular weight excluding hydrogens is 353 g/mol. The third kappa shape index (κ3) is 4.41. The molecule has 0 aliphatic carbocycles. The summed E-state index contributed by atoms with van der Waals surface area (Å²) in [6.07, 6.45) is 0.908. The molecular formula is C23H28FN3O. The third-order valence-electron chi connectivity index (χ3n) is 4.74. The number of amides is 1. The van der Waals surface area contributed by atoms with Crippen LogP contribution in [-0.4, -0.2) is 26.9 Å². The number of nitrogens with zero attached hydrogens (tertiary/aromatic N) is 3. The van der Waals surface area contributed by atoms with Gasteiger partial charge in [0.15, 0.2) is 0 Å². The van der Waals surface area contributed by atoms with Crippen molar-refractivity contribution in [2.45, 2.75) is 47.2 Å². The van der Waals surface area contributed by atoms with Gasteiger partial charge >= 0.3 is 0 Å². The van der Waals surface area contributed by atoms with Crippen molar-refractivity contribution in [3.63, 3.8) is 0 Å². The van der Waals surface area contributed by atoms with Crippen LogP contribution in [0.3, 0.4) is 0 Å². The maximum absolute atomic E-state index is 13.8. The Hall–Kier alpha value is -2.69. The predicted molar refractivity (Wildman–Crippen MR) is 111 cm³/mol. The van der Waals surface area contributed by atoms with Crippen LogP contribution in [0.5, 0.6) is 0 Å². The summed E-state index contributed by atoms with van der Waals surface area (Å²) in [7, 11) is 0. The van der Waals surface area contributed by atoms with Gasteiger partial charge in [-0.3, -0.25) is 4.79 Å². The molecule has 28 heavy (non-hydrogen) atoms. The smallest absolute Gasteiger partial charge is 0.254 e. The van der Waals surface area contributed by atoms with Crippen molar-refractivity contribution in [1.29, 1.82) is 0 Å². The molecule has 2 aromatic carbocycles. The SMILES string of the molecule is CCCn1c(CN(CC(C)C)C(=O)c2ccc(C)cc2)nc2ccc(F)cc21. The Balaban J connectivity index is 1.97. The number of carbonyl (C=O) groups excluding carboxylic acids is 1. The molecule has 0 N–H and O–H groups in total. The maximum atomic E-state index is 13.8. The van der Waals surface area contributed by atoms with Gasteiger partial charge in [0.25, 0.3) is 5.91 Å². The highest BCUT2D eigenvalue weighted by atomic mass is 19.1. The molecule has 0 fully saturated rings.